The molecule has 1 fully saturated rings. The van der Waals surface area contributed by atoms with Gasteiger partial charge in [-0.15, -0.1) is 0 Å². The van der Waals surface area contributed by atoms with Crippen LogP contribution < -0.4 is 16.0 Å². The van der Waals surface area contributed by atoms with Crippen LogP contribution in [0.25, 0.3) is 0 Å². The van der Waals surface area contributed by atoms with Gasteiger partial charge < -0.3 is 20.0 Å². The molecule has 1 unspecified atom stereocenters. The highest BCUT2D eigenvalue weighted by molar-refractivity contribution is 5.83. The van der Waals surface area contributed by atoms with Crippen molar-refractivity contribution in [3.63, 3.8) is 0 Å². The van der Waals surface area contributed by atoms with E-state index in [0.29, 0.717) is 11.5 Å². The molecule has 1 saturated heterocycles. The summed E-state index contributed by atoms with van der Waals surface area (Å²) >= 11 is 0. The number of nitrogens with two attached hydrogens (primary N) is 1. The monoisotopic (exact) mass is 413 g/mol. The first-order valence-corrected chi connectivity index (χ1v) is 9.78. The van der Waals surface area contributed by atoms with E-state index >= 15 is 0 Å². The molecule has 1 atom stereocenters. The summed E-state index contributed by atoms with van der Waals surface area (Å²) in [7, 11) is 3.76. The highest BCUT2D eigenvalue weighted by Gasteiger charge is 2.33. The van der Waals surface area contributed by atoms with Crippen LogP contribution in [0.2, 0.25) is 0 Å². The predicted molar refractivity (Wildman–Crippen MR) is 113 cm³/mol. The first-order valence-electron chi connectivity index (χ1n) is 9.78. The maximum Gasteiger partial charge on any atom is 0.202 e. The second kappa shape index (κ2) is 7.91. The summed E-state index contributed by atoms with van der Waals surface area (Å²) < 4.78 is 27.3. The van der Waals surface area contributed by atoms with Gasteiger partial charge in [0.1, 0.15) is 11.6 Å². The summed E-state index contributed by atoms with van der Waals surface area (Å²) in [6, 6.07) is 9.51. The molecule has 1 aromatic heterocycles. The number of pyridine rings is 1. The van der Waals surface area contributed by atoms with Crippen molar-refractivity contribution in [3.05, 3.63) is 71.7 Å². The predicted octanol–water partition coefficient (Wildman–Crippen LogP) is 1.66. The standard InChI is InChI=1S/C21H25F2N7/c1-28(2)19-14-21(24,15-6-7-16(22)17(23)13-15)27-20(26-19)30-11-9-29(10-12-30)18-5-3-4-8-25-18/h3-8,13-14H,9-12,24H2,1-2H3,(H,26,27). The molecule has 0 spiro atoms. The Kier molecular flexibility index (Phi) is 5.29. The van der Waals surface area contributed by atoms with Gasteiger partial charge in [-0.1, -0.05) is 12.1 Å². The second-order valence-corrected chi connectivity index (χ2v) is 7.60. The van der Waals surface area contributed by atoms with Gasteiger partial charge in [0.15, 0.2) is 17.3 Å². The van der Waals surface area contributed by atoms with E-state index in [1.165, 1.54) is 6.07 Å². The van der Waals surface area contributed by atoms with Gasteiger partial charge >= 0.3 is 0 Å². The van der Waals surface area contributed by atoms with Crippen LogP contribution >= 0.6 is 0 Å². The van der Waals surface area contributed by atoms with E-state index in [1.54, 1.807) is 12.3 Å². The number of guanidine groups is 1. The van der Waals surface area contributed by atoms with Crippen molar-refractivity contribution in [2.45, 2.75) is 5.66 Å². The van der Waals surface area contributed by atoms with Crippen LogP contribution in [0.15, 0.2) is 59.5 Å². The molecule has 0 radical (unpaired) electrons. The molecular weight excluding hydrogens is 388 g/mol. The van der Waals surface area contributed by atoms with Crippen LogP contribution in [0.1, 0.15) is 5.56 Å². The molecule has 2 aromatic rings. The second-order valence-electron chi connectivity index (χ2n) is 7.60. The number of rotatable bonds is 3. The maximum atomic E-state index is 13.9. The Labute approximate surface area is 174 Å². The van der Waals surface area contributed by atoms with Gasteiger partial charge in [0.2, 0.25) is 5.96 Å². The Balaban J connectivity index is 1.59. The summed E-state index contributed by atoms with van der Waals surface area (Å²) in [5.74, 6) is 0.423. The minimum atomic E-state index is -1.31. The van der Waals surface area contributed by atoms with E-state index in [1.807, 2.05) is 37.2 Å². The Morgan fingerprint density at radius 3 is 2.40 bits per heavy atom. The Bertz CT molecular complexity index is 969. The van der Waals surface area contributed by atoms with Gasteiger partial charge in [-0.05, 0) is 24.3 Å². The first kappa shape index (κ1) is 20.1. The van der Waals surface area contributed by atoms with Crippen molar-refractivity contribution in [2.24, 2.45) is 10.7 Å². The lowest BCUT2D eigenvalue weighted by Crippen LogP contribution is -2.56. The SMILES string of the molecule is CN(C)C1=CC(N)(c2ccc(F)c(F)c2)N=C(N2CCN(c3ccccn3)CC2)N1. The molecule has 0 aliphatic carbocycles. The quantitative estimate of drug-likeness (QED) is 0.798. The van der Waals surface area contributed by atoms with Gasteiger partial charge in [-0.3, -0.25) is 5.73 Å². The normalized spacial score (nSPS) is 21.6. The van der Waals surface area contributed by atoms with Gasteiger partial charge in [0.05, 0.1) is 0 Å². The van der Waals surface area contributed by atoms with E-state index < -0.39 is 17.3 Å². The molecule has 0 bridgehead atoms. The lowest BCUT2D eigenvalue weighted by atomic mass is 9.99. The number of aliphatic imine (C=N–C) groups is 1. The zero-order valence-corrected chi connectivity index (χ0v) is 17.0. The summed E-state index contributed by atoms with van der Waals surface area (Å²) in [5, 5.41) is 3.31. The lowest BCUT2D eigenvalue weighted by Gasteiger charge is -2.40. The average molecular weight is 413 g/mol. The maximum absolute atomic E-state index is 13.9. The van der Waals surface area contributed by atoms with Gasteiger partial charge in [0.25, 0.3) is 0 Å². The molecule has 1 aromatic carbocycles. The molecule has 30 heavy (non-hydrogen) atoms. The first-order chi connectivity index (χ1) is 14.4. The molecule has 4 rings (SSSR count). The lowest BCUT2D eigenvalue weighted by molar-refractivity contribution is 0.352. The van der Waals surface area contributed by atoms with Crippen LogP contribution in [0, 0.1) is 11.6 Å². The minimum absolute atomic E-state index is 0.381. The fraction of sp³-hybridized carbons (Fsp3) is 0.333. The molecule has 0 amide bonds. The summed E-state index contributed by atoms with van der Waals surface area (Å²) in [6.45, 7) is 3.00. The zero-order chi connectivity index (χ0) is 21.3. The Morgan fingerprint density at radius 1 is 1.03 bits per heavy atom. The van der Waals surface area contributed by atoms with Crippen LogP contribution in [-0.2, 0) is 5.66 Å². The van der Waals surface area contributed by atoms with Gasteiger partial charge in [-0.25, -0.2) is 18.8 Å². The molecule has 3 heterocycles. The molecule has 7 nitrogen and oxygen atoms in total. The highest BCUT2D eigenvalue weighted by Crippen LogP contribution is 2.28. The van der Waals surface area contributed by atoms with Gasteiger partial charge in [-0.2, -0.15) is 0 Å². The van der Waals surface area contributed by atoms with Crippen molar-refractivity contribution < 1.29 is 8.78 Å². The number of nitrogens with zero attached hydrogens (tertiary/aromatic N) is 5. The number of halogens is 2. The fourth-order valence-corrected chi connectivity index (χ4v) is 3.57. The van der Waals surface area contributed by atoms with Crippen molar-refractivity contribution in [1.29, 1.82) is 0 Å². The third-order valence-electron chi connectivity index (χ3n) is 5.30. The summed E-state index contributed by atoms with van der Waals surface area (Å²) in [5.41, 5.74) is 5.64. The summed E-state index contributed by atoms with van der Waals surface area (Å²) in [4.78, 5) is 15.3. The number of hydrogen-bond acceptors (Lipinski definition) is 7. The fourth-order valence-electron chi connectivity index (χ4n) is 3.57. The molecule has 2 aliphatic rings. The van der Waals surface area contributed by atoms with Crippen molar-refractivity contribution in [3.8, 4) is 0 Å². The van der Waals surface area contributed by atoms with E-state index in [-0.39, 0.29) is 0 Å². The van der Waals surface area contributed by atoms with Crippen molar-refractivity contribution in [1.82, 2.24) is 20.1 Å². The third kappa shape index (κ3) is 3.93. The average Bonchev–Trinajstić information content (AvgIpc) is 2.76. The number of nitrogens with one attached hydrogen (secondary N) is 1. The zero-order valence-electron chi connectivity index (χ0n) is 17.0. The molecule has 2 aliphatic heterocycles. The third-order valence-corrected chi connectivity index (χ3v) is 5.30. The largest absolute Gasteiger partial charge is 0.364 e. The number of anilines is 1. The number of piperazine rings is 1. The molecular formula is C21H25F2N7. The van der Waals surface area contributed by atoms with Crippen LogP contribution in [0.4, 0.5) is 14.6 Å². The molecule has 3 N–H and O–H groups in total. The summed E-state index contributed by atoms with van der Waals surface area (Å²) in [6.07, 6.45) is 3.50. The van der Waals surface area contributed by atoms with Crippen LogP contribution in [0.5, 0.6) is 0 Å². The van der Waals surface area contributed by atoms with Crippen molar-refractivity contribution >= 4 is 11.8 Å². The smallest absolute Gasteiger partial charge is 0.202 e. The molecule has 0 saturated carbocycles. The van der Waals surface area contributed by atoms with Crippen molar-refractivity contribution in [2.75, 3.05) is 45.2 Å². The topological polar surface area (TPSA) is 73.0 Å². The van der Waals surface area contributed by atoms with Gasteiger partial charge in [0, 0.05) is 58.1 Å². The molecule has 9 heteroatoms. The van der Waals surface area contributed by atoms with E-state index in [0.717, 1.165) is 50.0 Å². The van der Waals surface area contributed by atoms with E-state index in [9.17, 15) is 8.78 Å². The number of hydrogen-bond donors (Lipinski definition) is 2. The Morgan fingerprint density at radius 2 is 1.77 bits per heavy atom. The molecule has 158 valence electrons. The number of benzene rings is 1. The van der Waals surface area contributed by atoms with Crippen LogP contribution in [0.3, 0.4) is 0 Å². The van der Waals surface area contributed by atoms with E-state index in [4.69, 9.17) is 10.7 Å². The minimum Gasteiger partial charge on any atom is -0.364 e. The number of aromatic nitrogens is 1. The highest BCUT2D eigenvalue weighted by atomic mass is 19.2. The Hall–Kier alpha value is -3.20. The van der Waals surface area contributed by atoms with E-state index in [2.05, 4.69) is 20.1 Å². The van der Waals surface area contributed by atoms with Crippen LogP contribution in [-0.4, -0.2) is 61.0 Å².